The molecule has 5 nitrogen and oxygen atoms in total. The van der Waals surface area contributed by atoms with Gasteiger partial charge >= 0.3 is 11.9 Å². The lowest BCUT2D eigenvalue weighted by molar-refractivity contribution is -0.139. The third-order valence-electron chi connectivity index (χ3n) is 1.24. The Bertz CT molecular complexity index is 219. The summed E-state index contributed by atoms with van der Waals surface area (Å²) in [5.74, 6) is -1.22. The fraction of sp³-hybridized carbons (Fsp3) is 0.500. The van der Waals surface area contributed by atoms with Crippen LogP contribution in [-0.4, -0.2) is 39.9 Å². The molecule has 0 heterocycles. The number of esters is 2. The van der Waals surface area contributed by atoms with Crippen molar-refractivity contribution in [2.75, 3.05) is 27.9 Å². The molecule has 0 bridgehead atoms. The monoisotopic (exact) mass is 188 g/mol. The Balaban J connectivity index is 4.48. The molecule has 0 amide bonds. The first-order valence-electron chi connectivity index (χ1n) is 3.51. The van der Waals surface area contributed by atoms with Crippen molar-refractivity contribution in [2.45, 2.75) is 0 Å². The summed E-state index contributed by atoms with van der Waals surface area (Å²) in [7, 11) is 3.86. The molecule has 0 aliphatic rings. The Hall–Kier alpha value is -1.36. The summed E-state index contributed by atoms with van der Waals surface area (Å²) < 4.78 is 13.5. The Labute approximate surface area is 76.3 Å². The topological polar surface area (TPSA) is 61.8 Å². The molecule has 0 aromatic carbocycles. The lowest BCUT2D eigenvalue weighted by Gasteiger charge is -2.02. The lowest BCUT2D eigenvalue weighted by atomic mass is 10.2. The third kappa shape index (κ3) is 4.27. The fourth-order valence-corrected chi connectivity index (χ4v) is 0.647. The number of methoxy groups -OCH3 is 3. The molecule has 0 rings (SSSR count). The van der Waals surface area contributed by atoms with Gasteiger partial charge in [0.2, 0.25) is 0 Å². The number of rotatable bonds is 4. The Morgan fingerprint density at radius 2 is 1.77 bits per heavy atom. The smallest absolute Gasteiger partial charge is 0.336 e. The number of hydrogen-bond donors (Lipinski definition) is 0. The van der Waals surface area contributed by atoms with Gasteiger partial charge in [-0.25, -0.2) is 9.59 Å². The van der Waals surface area contributed by atoms with Crippen LogP contribution in [0.15, 0.2) is 11.6 Å². The highest BCUT2D eigenvalue weighted by molar-refractivity contribution is 5.96. The van der Waals surface area contributed by atoms with E-state index in [1.165, 1.54) is 21.3 Å². The highest BCUT2D eigenvalue weighted by Crippen LogP contribution is 1.98. The van der Waals surface area contributed by atoms with Gasteiger partial charge < -0.3 is 14.2 Å². The van der Waals surface area contributed by atoms with Gasteiger partial charge in [0.1, 0.15) is 0 Å². The predicted molar refractivity (Wildman–Crippen MR) is 44.0 cm³/mol. The van der Waals surface area contributed by atoms with Crippen molar-refractivity contribution in [3.05, 3.63) is 11.6 Å². The maximum Gasteiger partial charge on any atom is 0.336 e. The van der Waals surface area contributed by atoms with E-state index < -0.39 is 11.9 Å². The van der Waals surface area contributed by atoms with Crippen molar-refractivity contribution in [2.24, 2.45) is 0 Å². The first kappa shape index (κ1) is 11.6. The van der Waals surface area contributed by atoms with Crippen molar-refractivity contribution in [3.63, 3.8) is 0 Å². The summed E-state index contributed by atoms with van der Waals surface area (Å²) in [6.07, 6.45) is 1.04. The number of hydrogen-bond acceptors (Lipinski definition) is 5. The van der Waals surface area contributed by atoms with Crippen LogP contribution in [-0.2, 0) is 23.8 Å². The second-order valence-electron chi connectivity index (χ2n) is 2.12. The molecule has 0 atom stereocenters. The van der Waals surface area contributed by atoms with E-state index in [0.29, 0.717) is 0 Å². The molecule has 0 N–H and O–H groups in total. The first-order chi connectivity index (χ1) is 6.15. The molecule has 13 heavy (non-hydrogen) atoms. The van der Waals surface area contributed by atoms with Crippen molar-refractivity contribution in [3.8, 4) is 0 Å². The maximum atomic E-state index is 11.0. The van der Waals surface area contributed by atoms with Crippen LogP contribution in [0.25, 0.3) is 0 Å². The number of carbonyl (C=O) groups is 2. The first-order valence-corrected chi connectivity index (χ1v) is 3.51. The molecule has 0 aliphatic carbocycles. The molecule has 0 aromatic rings. The van der Waals surface area contributed by atoms with Crippen LogP contribution in [0.3, 0.4) is 0 Å². The highest BCUT2D eigenvalue weighted by atomic mass is 16.5. The summed E-state index contributed by atoms with van der Waals surface area (Å²) >= 11 is 0. The maximum absolute atomic E-state index is 11.0. The average Bonchev–Trinajstić information content (AvgIpc) is 2.15. The molecule has 0 aromatic heterocycles. The van der Waals surface area contributed by atoms with Crippen molar-refractivity contribution in [1.29, 1.82) is 0 Å². The van der Waals surface area contributed by atoms with Gasteiger partial charge in [0.15, 0.2) is 0 Å². The molecule has 0 spiro atoms. The minimum absolute atomic E-state index is 0.0156. The van der Waals surface area contributed by atoms with Crippen LogP contribution < -0.4 is 0 Å². The van der Waals surface area contributed by atoms with Crippen LogP contribution in [0.4, 0.5) is 0 Å². The summed E-state index contributed by atoms with van der Waals surface area (Å²) in [6, 6.07) is 0. The SMILES string of the molecule is COCC(=CC(=O)OC)C(=O)OC. The fourth-order valence-electron chi connectivity index (χ4n) is 0.647. The van der Waals surface area contributed by atoms with Crippen molar-refractivity contribution in [1.82, 2.24) is 0 Å². The third-order valence-corrected chi connectivity index (χ3v) is 1.24. The lowest BCUT2D eigenvalue weighted by Crippen LogP contribution is -2.12. The standard InChI is InChI=1S/C8H12O5/c1-11-5-6(8(10)13-3)4-7(9)12-2/h4H,5H2,1-3H3. The molecular weight excluding hydrogens is 176 g/mol. The zero-order valence-corrected chi connectivity index (χ0v) is 7.83. The largest absolute Gasteiger partial charge is 0.466 e. The molecular formula is C8H12O5. The summed E-state index contributed by atoms with van der Waals surface area (Å²) in [5, 5.41) is 0. The zero-order valence-electron chi connectivity index (χ0n) is 7.83. The minimum Gasteiger partial charge on any atom is -0.466 e. The van der Waals surface area contributed by atoms with E-state index in [9.17, 15) is 9.59 Å². The Morgan fingerprint density at radius 3 is 2.15 bits per heavy atom. The summed E-state index contributed by atoms with van der Waals surface area (Å²) in [6.45, 7) is 0.0156. The average molecular weight is 188 g/mol. The molecule has 0 saturated carbocycles. The molecule has 0 saturated heterocycles. The highest BCUT2D eigenvalue weighted by Gasteiger charge is 2.11. The predicted octanol–water partition coefficient (Wildman–Crippen LogP) is -0.0948. The van der Waals surface area contributed by atoms with Gasteiger partial charge in [-0.15, -0.1) is 0 Å². The quantitative estimate of drug-likeness (QED) is 0.455. The van der Waals surface area contributed by atoms with Crippen molar-refractivity contribution < 1.29 is 23.8 Å². The van der Waals surface area contributed by atoms with Gasteiger partial charge in [-0.05, 0) is 0 Å². The van der Waals surface area contributed by atoms with Crippen LogP contribution >= 0.6 is 0 Å². The van der Waals surface area contributed by atoms with E-state index in [1.54, 1.807) is 0 Å². The Morgan fingerprint density at radius 1 is 1.15 bits per heavy atom. The van der Waals surface area contributed by atoms with Crippen LogP contribution in [0.1, 0.15) is 0 Å². The second-order valence-corrected chi connectivity index (χ2v) is 2.12. The molecule has 0 radical (unpaired) electrons. The van der Waals surface area contributed by atoms with Gasteiger partial charge in [0.25, 0.3) is 0 Å². The second kappa shape index (κ2) is 6.19. The van der Waals surface area contributed by atoms with Crippen LogP contribution in [0.2, 0.25) is 0 Å². The van der Waals surface area contributed by atoms with Gasteiger partial charge in [-0.1, -0.05) is 0 Å². The van der Waals surface area contributed by atoms with Gasteiger partial charge in [-0.3, -0.25) is 0 Å². The van der Waals surface area contributed by atoms with E-state index in [1.807, 2.05) is 0 Å². The zero-order chi connectivity index (χ0) is 10.3. The molecule has 5 heteroatoms. The molecule has 0 unspecified atom stereocenters. The Kier molecular flexibility index (Phi) is 5.54. The number of carbonyl (C=O) groups excluding carboxylic acids is 2. The van der Waals surface area contributed by atoms with E-state index in [0.717, 1.165) is 6.08 Å². The van der Waals surface area contributed by atoms with Crippen LogP contribution in [0, 0.1) is 0 Å². The molecule has 0 fully saturated rings. The van der Waals surface area contributed by atoms with Gasteiger partial charge in [0, 0.05) is 13.2 Å². The normalized spacial score (nSPS) is 10.8. The molecule has 0 aliphatic heterocycles. The molecule has 74 valence electrons. The van der Waals surface area contributed by atoms with Crippen molar-refractivity contribution >= 4 is 11.9 Å². The van der Waals surface area contributed by atoms with E-state index in [2.05, 4.69) is 9.47 Å². The number of ether oxygens (including phenoxy) is 3. The summed E-state index contributed by atoms with van der Waals surface area (Å²) in [5.41, 5.74) is 0.122. The van der Waals surface area contributed by atoms with E-state index in [-0.39, 0.29) is 12.2 Å². The minimum atomic E-state index is -0.613. The van der Waals surface area contributed by atoms with E-state index >= 15 is 0 Å². The summed E-state index contributed by atoms with van der Waals surface area (Å²) in [4.78, 5) is 21.7. The van der Waals surface area contributed by atoms with E-state index in [4.69, 9.17) is 4.74 Å². The van der Waals surface area contributed by atoms with Crippen LogP contribution in [0.5, 0.6) is 0 Å². The van der Waals surface area contributed by atoms with Gasteiger partial charge in [0.05, 0.1) is 26.4 Å². The van der Waals surface area contributed by atoms with Gasteiger partial charge in [-0.2, -0.15) is 0 Å².